The van der Waals surface area contributed by atoms with E-state index in [1.54, 1.807) is 23.2 Å². The van der Waals surface area contributed by atoms with Crippen molar-refractivity contribution < 1.29 is 4.79 Å². The van der Waals surface area contributed by atoms with Gasteiger partial charge in [0.25, 0.3) is 5.91 Å². The lowest BCUT2D eigenvalue weighted by Gasteiger charge is -2.27. The van der Waals surface area contributed by atoms with Crippen LogP contribution in [0, 0.1) is 0 Å². The Morgan fingerprint density at radius 3 is 3.00 bits per heavy atom. The van der Waals surface area contributed by atoms with Gasteiger partial charge in [-0.05, 0) is 17.7 Å². The molecule has 0 saturated heterocycles. The summed E-state index contributed by atoms with van der Waals surface area (Å²) in [5.74, 6) is -0.146. The molecule has 0 bridgehead atoms. The highest BCUT2D eigenvalue weighted by Crippen LogP contribution is 2.17. The van der Waals surface area contributed by atoms with Crippen molar-refractivity contribution in [1.29, 1.82) is 0 Å². The highest BCUT2D eigenvalue weighted by molar-refractivity contribution is 5.92. The Hall–Kier alpha value is -2.43. The Morgan fingerprint density at radius 1 is 1.26 bits per heavy atom. The maximum atomic E-state index is 12.3. The molecule has 19 heavy (non-hydrogen) atoms. The largest absolute Gasteiger partial charge is 0.333 e. The molecule has 3 heterocycles. The van der Waals surface area contributed by atoms with Gasteiger partial charge < -0.3 is 9.88 Å². The summed E-state index contributed by atoms with van der Waals surface area (Å²) in [7, 11) is 0. The molecule has 0 radical (unpaired) electrons. The fourth-order valence-electron chi connectivity index (χ4n) is 2.28. The van der Waals surface area contributed by atoms with Gasteiger partial charge in [0.05, 0.1) is 0 Å². The molecule has 0 saturated carbocycles. The van der Waals surface area contributed by atoms with Crippen LogP contribution in [0.4, 0.5) is 0 Å². The van der Waals surface area contributed by atoms with Crippen molar-refractivity contribution in [3.05, 3.63) is 63.8 Å². The maximum absolute atomic E-state index is 12.3. The van der Waals surface area contributed by atoms with E-state index in [0.29, 0.717) is 18.8 Å². The van der Waals surface area contributed by atoms with Crippen LogP contribution in [-0.4, -0.2) is 27.3 Å². The molecule has 0 unspecified atom stereocenters. The summed E-state index contributed by atoms with van der Waals surface area (Å²) in [6, 6.07) is 8.47. The van der Waals surface area contributed by atoms with Crippen LogP contribution >= 0.6 is 0 Å². The number of carbonyl (C=O) groups excluding carboxylic acids is 1. The number of aromatic nitrogens is 2. The van der Waals surface area contributed by atoms with Gasteiger partial charge in [-0.2, -0.15) is 0 Å². The zero-order valence-corrected chi connectivity index (χ0v) is 10.3. The van der Waals surface area contributed by atoms with Crippen molar-refractivity contribution >= 4 is 5.91 Å². The van der Waals surface area contributed by atoms with Crippen molar-refractivity contribution in [2.45, 2.75) is 13.0 Å². The fourth-order valence-corrected chi connectivity index (χ4v) is 2.28. The molecule has 1 aliphatic rings. The first kappa shape index (κ1) is 11.6. The highest BCUT2D eigenvalue weighted by Gasteiger charge is 2.22. The van der Waals surface area contributed by atoms with Crippen LogP contribution in [0.5, 0.6) is 0 Å². The van der Waals surface area contributed by atoms with Gasteiger partial charge in [0.2, 0.25) is 5.56 Å². The van der Waals surface area contributed by atoms with Gasteiger partial charge in [0.15, 0.2) is 0 Å². The lowest BCUT2D eigenvalue weighted by Crippen LogP contribution is -2.37. The van der Waals surface area contributed by atoms with Crippen LogP contribution in [0.1, 0.15) is 21.7 Å². The molecule has 5 heteroatoms. The molecule has 0 fully saturated rings. The summed E-state index contributed by atoms with van der Waals surface area (Å²) in [6.45, 7) is 1.17. The summed E-state index contributed by atoms with van der Waals surface area (Å²) in [5.41, 5.74) is 2.19. The van der Waals surface area contributed by atoms with E-state index in [2.05, 4.69) is 9.97 Å². The van der Waals surface area contributed by atoms with Gasteiger partial charge in [-0.3, -0.25) is 14.6 Å². The first-order chi connectivity index (χ1) is 9.24. The molecule has 2 aromatic rings. The number of aromatic amines is 1. The van der Waals surface area contributed by atoms with E-state index in [4.69, 9.17) is 0 Å². The number of hydrogen-bond donors (Lipinski definition) is 1. The predicted octanol–water partition coefficient (Wildman–Crippen LogP) is 0.968. The van der Waals surface area contributed by atoms with Crippen molar-refractivity contribution in [3.63, 3.8) is 0 Å². The lowest BCUT2D eigenvalue weighted by molar-refractivity contribution is 0.0727. The average Bonchev–Trinajstić information content (AvgIpc) is 2.46. The molecule has 1 amide bonds. The van der Waals surface area contributed by atoms with E-state index in [0.717, 1.165) is 17.7 Å². The van der Waals surface area contributed by atoms with Crippen LogP contribution in [0.2, 0.25) is 0 Å². The van der Waals surface area contributed by atoms with Gasteiger partial charge in [0, 0.05) is 37.5 Å². The molecule has 0 aromatic carbocycles. The summed E-state index contributed by atoms with van der Waals surface area (Å²) in [5, 5.41) is 0. The second kappa shape index (κ2) is 4.68. The van der Waals surface area contributed by atoms with Crippen LogP contribution in [0.3, 0.4) is 0 Å². The van der Waals surface area contributed by atoms with E-state index < -0.39 is 0 Å². The van der Waals surface area contributed by atoms with E-state index in [-0.39, 0.29) is 11.5 Å². The average molecular weight is 255 g/mol. The zero-order chi connectivity index (χ0) is 13.2. The zero-order valence-electron chi connectivity index (χ0n) is 10.3. The van der Waals surface area contributed by atoms with Crippen LogP contribution in [-0.2, 0) is 13.0 Å². The minimum absolute atomic E-state index is 0.146. The first-order valence-electron chi connectivity index (χ1n) is 6.15. The van der Waals surface area contributed by atoms with E-state index >= 15 is 0 Å². The second-order valence-electron chi connectivity index (χ2n) is 4.51. The van der Waals surface area contributed by atoms with Crippen molar-refractivity contribution in [2.75, 3.05) is 6.54 Å². The third-order valence-electron chi connectivity index (χ3n) is 3.25. The van der Waals surface area contributed by atoms with Crippen molar-refractivity contribution in [1.82, 2.24) is 14.9 Å². The van der Waals surface area contributed by atoms with E-state index in [1.165, 1.54) is 6.07 Å². The Kier molecular flexibility index (Phi) is 2.87. The third kappa shape index (κ3) is 2.27. The smallest absolute Gasteiger partial charge is 0.270 e. The molecule has 1 N–H and O–H groups in total. The first-order valence-corrected chi connectivity index (χ1v) is 6.15. The number of nitrogens with one attached hydrogen (secondary N) is 1. The van der Waals surface area contributed by atoms with Gasteiger partial charge in [0.1, 0.15) is 5.69 Å². The van der Waals surface area contributed by atoms with Gasteiger partial charge >= 0.3 is 0 Å². The molecular weight excluding hydrogens is 242 g/mol. The van der Waals surface area contributed by atoms with Crippen molar-refractivity contribution in [3.8, 4) is 0 Å². The molecule has 2 aromatic heterocycles. The number of rotatable bonds is 1. The maximum Gasteiger partial charge on any atom is 0.270 e. The topological polar surface area (TPSA) is 66.1 Å². The van der Waals surface area contributed by atoms with Gasteiger partial charge in [-0.25, -0.2) is 0 Å². The van der Waals surface area contributed by atoms with E-state index in [9.17, 15) is 9.59 Å². The predicted molar refractivity (Wildman–Crippen MR) is 69.7 cm³/mol. The van der Waals surface area contributed by atoms with Gasteiger partial charge in [-0.1, -0.05) is 12.1 Å². The number of amides is 1. The molecule has 96 valence electrons. The monoisotopic (exact) mass is 255 g/mol. The number of pyridine rings is 2. The minimum atomic E-state index is -0.259. The number of H-pyrrole nitrogens is 1. The Bertz CT molecular complexity index is 678. The third-order valence-corrected chi connectivity index (χ3v) is 3.25. The molecule has 0 atom stereocenters. The number of hydrogen-bond acceptors (Lipinski definition) is 3. The molecule has 0 spiro atoms. The lowest BCUT2D eigenvalue weighted by atomic mass is 10.1. The fraction of sp³-hybridized carbons (Fsp3) is 0.214. The summed E-state index contributed by atoms with van der Waals surface area (Å²) in [4.78, 5) is 32.1. The normalized spacial score (nSPS) is 14.0. The Balaban J connectivity index is 1.85. The van der Waals surface area contributed by atoms with Crippen LogP contribution < -0.4 is 5.56 Å². The summed E-state index contributed by atoms with van der Waals surface area (Å²) < 4.78 is 0. The van der Waals surface area contributed by atoms with Gasteiger partial charge in [-0.15, -0.1) is 0 Å². The molecular formula is C14H13N3O2. The standard InChI is InChI=1S/C14H13N3O2/c18-13-5-1-4-12(16-13)14(19)17-8-6-11-10(9-17)3-2-7-15-11/h1-5,7H,6,8-9H2,(H,16,18). The molecule has 0 aliphatic carbocycles. The second-order valence-corrected chi connectivity index (χ2v) is 4.51. The number of fused-ring (bicyclic) bond motifs is 1. The SMILES string of the molecule is O=C(c1cccc(=O)[nH]1)N1CCc2ncccc2C1. The Labute approximate surface area is 109 Å². The molecule has 3 rings (SSSR count). The summed E-state index contributed by atoms with van der Waals surface area (Å²) >= 11 is 0. The number of nitrogens with zero attached hydrogens (tertiary/aromatic N) is 2. The Morgan fingerprint density at radius 2 is 2.16 bits per heavy atom. The highest BCUT2D eigenvalue weighted by atomic mass is 16.2. The molecule has 5 nitrogen and oxygen atoms in total. The van der Waals surface area contributed by atoms with Crippen molar-refractivity contribution in [2.24, 2.45) is 0 Å². The minimum Gasteiger partial charge on any atom is -0.333 e. The molecule has 1 aliphatic heterocycles. The summed E-state index contributed by atoms with van der Waals surface area (Å²) in [6.07, 6.45) is 2.52. The van der Waals surface area contributed by atoms with Crippen LogP contribution in [0.15, 0.2) is 41.3 Å². The number of carbonyl (C=O) groups is 1. The quantitative estimate of drug-likeness (QED) is 0.825. The van der Waals surface area contributed by atoms with Crippen LogP contribution in [0.25, 0.3) is 0 Å². The van der Waals surface area contributed by atoms with E-state index in [1.807, 2.05) is 12.1 Å².